The minimum atomic E-state index is -0.989. The molecule has 1 saturated carbocycles. The zero-order chi connectivity index (χ0) is 15.3. The van der Waals surface area contributed by atoms with Gasteiger partial charge in [-0.25, -0.2) is 9.59 Å². The maximum Gasteiger partial charge on any atom is 0.326 e. The molecule has 2 N–H and O–H groups in total. The van der Waals surface area contributed by atoms with Gasteiger partial charge in [0.15, 0.2) is 0 Å². The molecular formula is C15H28N2O3. The Kier molecular flexibility index (Phi) is 5.84. The minimum Gasteiger partial charge on any atom is -0.480 e. The number of hydrogen-bond acceptors (Lipinski definition) is 2. The van der Waals surface area contributed by atoms with Crippen LogP contribution in [0.5, 0.6) is 0 Å². The van der Waals surface area contributed by atoms with Gasteiger partial charge in [0.25, 0.3) is 0 Å². The highest BCUT2D eigenvalue weighted by molar-refractivity contribution is 5.83. The van der Waals surface area contributed by atoms with Crippen LogP contribution in [0.1, 0.15) is 52.9 Å². The van der Waals surface area contributed by atoms with Gasteiger partial charge in [-0.1, -0.05) is 40.0 Å². The van der Waals surface area contributed by atoms with Crippen LogP contribution < -0.4 is 5.32 Å². The number of aliphatic carboxylic acids is 1. The van der Waals surface area contributed by atoms with Crippen LogP contribution in [-0.4, -0.2) is 41.6 Å². The van der Waals surface area contributed by atoms with Crippen molar-refractivity contribution >= 4 is 12.0 Å². The van der Waals surface area contributed by atoms with Gasteiger partial charge >= 0.3 is 12.0 Å². The lowest BCUT2D eigenvalue weighted by molar-refractivity contribution is -0.142. The third-order valence-corrected chi connectivity index (χ3v) is 3.98. The first kappa shape index (κ1) is 16.8. The molecule has 0 spiro atoms. The van der Waals surface area contributed by atoms with Crippen molar-refractivity contribution in [3.05, 3.63) is 0 Å². The van der Waals surface area contributed by atoms with Crippen LogP contribution in [-0.2, 0) is 4.79 Å². The monoisotopic (exact) mass is 284 g/mol. The standard InChI is InChI=1S/C15H28N2O3/c1-15(2,3)12(13(18)19)16-14(20)17(4)10-11-8-6-5-7-9-11/h11-12H,5-10H2,1-4H3,(H,16,20)(H,18,19)/t12-/m0/s1. The summed E-state index contributed by atoms with van der Waals surface area (Å²) in [5.41, 5.74) is -0.507. The van der Waals surface area contributed by atoms with Gasteiger partial charge in [0, 0.05) is 13.6 Å². The molecule has 5 heteroatoms. The fourth-order valence-corrected chi connectivity index (χ4v) is 2.72. The van der Waals surface area contributed by atoms with Crippen LogP contribution in [0.25, 0.3) is 0 Å². The van der Waals surface area contributed by atoms with Crippen molar-refractivity contribution in [3.63, 3.8) is 0 Å². The van der Waals surface area contributed by atoms with E-state index in [2.05, 4.69) is 5.32 Å². The topological polar surface area (TPSA) is 69.6 Å². The summed E-state index contributed by atoms with van der Waals surface area (Å²) in [6.45, 7) is 6.15. The van der Waals surface area contributed by atoms with Gasteiger partial charge in [-0.2, -0.15) is 0 Å². The zero-order valence-electron chi connectivity index (χ0n) is 13.1. The average molecular weight is 284 g/mol. The molecular weight excluding hydrogens is 256 g/mol. The van der Waals surface area contributed by atoms with Crippen molar-refractivity contribution in [1.29, 1.82) is 0 Å². The third kappa shape index (κ3) is 5.02. The van der Waals surface area contributed by atoms with E-state index >= 15 is 0 Å². The number of carbonyl (C=O) groups excluding carboxylic acids is 1. The van der Waals surface area contributed by atoms with Gasteiger partial charge in [-0.3, -0.25) is 0 Å². The number of carboxylic acids is 1. The van der Waals surface area contributed by atoms with E-state index in [1.54, 1.807) is 11.9 Å². The maximum absolute atomic E-state index is 12.1. The highest BCUT2D eigenvalue weighted by Crippen LogP contribution is 2.24. The number of carboxylic acid groups (broad SMARTS) is 1. The van der Waals surface area contributed by atoms with Crippen LogP contribution in [0, 0.1) is 11.3 Å². The molecule has 116 valence electrons. The maximum atomic E-state index is 12.1. The van der Waals surface area contributed by atoms with E-state index in [1.165, 1.54) is 32.1 Å². The largest absolute Gasteiger partial charge is 0.480 e. The van der Waals surface area contributed by atoms with Crippen LogP contribution in [0.4, 0.5) is 4.79 Å². The Morgan fingerprint density at radius 3 is 2.25 bits per heavy atom. The molecule has 0 aromatic heterocycles. The quantitative estimate of drug-likeness (QED) is 0.834. The van der Waals surface area contributed by atoms with Gasteiger partial charge in [0.1, 0.15) is 6.04 Å². The second kappa shape index (κ2) is 6.95. The van der Waals surface area contributed by atoms with Crippen molar-refractivity contribution in [2.75, 3.05) is 13.6 Å². The van der Waals surface area contributed by atoms with E-state index in [9.17, 15) is 14.7 Å². The van der Waals surface area contributed by atoms with Crippen molar-refractivity contribution in [2.45, 2.75) is 58.9 Å². The van der Waals surface area contributed by atoms with Crippen LogP contribution in [0.15, 0.2) is 0 Å². The lowest BCUT2D eigenvalue weighted by Gasteiger charge is -2.31. The normalized spacial score (nSPS) is 18.4. The molecule has 1 fully saturated rings. The van der Waals surface area contributed by atoms with Crippen LogP contribution >= 0.6 is 0 Å². The average Bonchev–Trinajstić information content (AvgIpc) is 2.34. The lowest BCUT2D eigenvalue weighted by atomic mass is 9.87. The van der Waals surface area contributed by atoms with Gasteiger partial charge in [-0.05, 0) is 24.2 Å². The first-order valence-electron chi connectivity index (χ1n) is 7.46. The Morgan fingerprint density at radius 1 is 1.25 bits per heavy atom. The molecule has 2 amide bonds. The Balaban J connectivity index is 2.53. The summed E-state index contributed by atoms with van der Waals surface area (Å²) < 4.78 is 0. The van der Waals surface area contributed by atoms with Crippen LogP contribution in [0.3, 0.4) is 0 Å². The molecule has 1 aliphatic carbocycles. The summed E-state index contributed by atoms with van der Waals surface area (Å²) in [6, 6.07) is -1.17. The van der Waals surface area contributed by atoms with E-state index in [1.807, 2.05) is 20.8 Å². The predicted octanol–water partition coefficient (Wildman–Crippen LogP) is 2.71. The second-order valence-electron chi connectivity index (χ2n) is 6.97. The molecule has 5 nitrogen and oxygen atoms in total. The molecule has 1 aliphatic rings. The number of rotatable bonds is 4. The number of amides is 2. The molecule has 0 aromatic rings. The Morgan fingerprint density at radius 2 is 1.80 bits per heavy atom. The van der Waals surface area contributed by atoms with E-state index in [4.69, 9.17) is 0 Å². The fourth-order valence-electron chi connectivity index (χ4n) is 2.72. The highest BCUT2D eigenvalue weighted by Gasteiger charge is 2.33. The minimum absolute atomic E-state index is 0.294. The summed E-state index contributed by atoms with van der Waals surface area (Å²) in [6.07, 6.45) is 6.09. The SMILES string of the molecule is CN(CC1CCCCC1)C(=O)N[C@@H](C(=O)O)C(C)(C)C. The first-order chi connectivity index (χ1) is 9.21. The number of hydrogen-bond donors (Lipinski definition) is 2. The van der Waals surface area contributed by atoms with Crippen LogP contribution in [0.2, 0.25) is 0 Å². The Labute approximate surface area is 121 Å². The predicted molar refractivity (Wildman–Crippen MR) is 78.6 cm³/mol. The van der Waals surface area contributed by atoms with Crippen molar-refractivity contribution < 1.29 is 14.7 Å². The van der Waals surface area contributed by atoms with Gasteiger partial charge < -0.3 is 15.3 Å². The number of nitrogens with zero attached hydrogens (tertiary/aromatic N) is 1. The zero-order valence-corrected chi connectivity index (χ0v) is 13.1. The molecule has 0 unspecified atom stereocenters. The van der Waals surface area contributed by atoms with Crippen molar-refractivity contribution in [3.8, 4) is 0 Å². The molecule has 0 aromatic carbocycles. The fraction of sp³-hybridized carbons (Fsp3) is 0.867. The van der Waals surface area contributed by atoms with E-state index in [0.717, 1.165) is 0 Å². The van der Waals surface area contributed by atoms with Gasteiger partial charge in [-0.15, -0.1) is 0 Å². The van der Waals surface area contributed by atoms with E-state index in [-0.39, 0.29) is 6.03 Å². The number of carbonyl (C=O) groups is 2. The number of urea groups is 1. The molecule has 0 radical (unpaired) electrons. The van der Waals surface area contributed by atoms with Crippen molar-refractivity contribution in [1.82, 2.24) is 10.2 Å². The smallest absolute Gasteiger partial charge is 0.326 e. The van der Waals surface area contributed by atoms with Gasteiger partial charge in [0.2, 0.25) is 0 Å². The number of nitrogens with one attached hydrogen (secondary N) is 1. The lowest BCUT2D eigenvalue weighted by Crippen LogP contribution is -2.53. The van der Waals surface area contributed by atoms with E-state index in [0.29, 0.717) is 12.5 Å². The molecule has 1 rings (SSSR count). The first-order valence-corrected chi connectivity index (χ1v) is 7.46. The molecule has 0 heterocycles. The Bertz CT molecular complexity index is 344. The summed E-state index contributed by atoms with van der Waals surface area (Å²) >= 11 is 0. The van der Waals surface area contributed by atoms with E-state index < -0.39 is 17.4 Å². The summed E-state index contributed by atoms with van der Waals surface area (Å²) in [5.74, 6) is -0.436. The molecule has 1 atom stereocenters. The molecule has 0 saturated heterocycles. The van der Waals surface area contributed by atoms with Gasteiger partial charge in [0.05, 0.1) is 0 Å². The second-order valence-corrected chi connectivity index (χ2v) is 6.97. The summed E-state index contributed by atoms with van der Waals surface area (Å²) in [7, 11) is 1.74. The molecule has 0 bridgehead atoms. The molecule has 20 heavy (non-hydrogen) atoms. The van der Waals surface area contributed by atoms with Crippen molar-refractivity contribution in [2.24, 2.45) is 11.3 Å². The summed E-state index contributed by atoms with van der Waals surface area (Å²) in [5, 5.41) is 11.9. The Hall–Kier alpha value is -1.26. The summed E-state index contributed by atoms with van der Waals surface area (Å²) in [4.78, 5) is 25.0. The molecule has 0 aliphatic heterocycles. The highest BCUT2D eigenvalue weighted by atomic mass is 16.4. The third-order valence-electron chi connectivity index (χ3n) is 3.98.